The minimum Gasteiger partial charge on any atom is -0.381 e. The van der Waals surface area contributed by atoms with Crippen molar-refractivity contribution in [3.8, 4) is 0 Å². The molecule has 3 rings (SSSR count). The molecule has 0 fully saturated rings. The molecule has 0 bridgehead atoms. The first-order chi connectivity index (χ1) is 17.7. The monoisotopic (exact) mass is 496 g/mol. The van der Waals surface area contributed by atoms with Crippen LogP contribution in [0.25, 0.3) is 5.70 Å². The number of hydrogen-bond acceptors (Lipinski definition) is 2. The van der Waals surface area contributed by atoms with E-state index < -0.39 is 0 Å². The zero-order chi connectivity index (χ0) is 27.3. The van der Waals surface area contributed by atoms with Gasteiger partial charge in [0.25, 0.3) is 0 Å². The maximum Gasteiger partial charge on any atom is 0.0436 e. The fraction of sp³-hybridized carbons (Fsp3) is 0.457. The Labute approximate surface area is 226 Å². The Bertz CT molecular complexity index is 1240. The smallest absolute Gasteiger partial charge is 0.0436 e. The molecule has 0 aromatic heterocycles. The third kappa shape index (κ3) is 5.97. The van der Waals surface area contributed by atoms with Crippen molar-refractivity contribution >= 4 is 5.70 Å². The lowest BCUT2D eigenvalue weighted by Gasteiger charge is -2.23. The number of nitrogens with one attached hydrogen (secondary N) is 1. The summed E-state index contributed by atoms with van der Waals surface area (Å²) >= 11 is 0. The lowest BCUT2D eigenvalue weighted by atomic mass is 9.86. The first kappa shape index (κ1) is 28.6. The summed E-state index contributed by atoms with van der Waals surface area (Å²) < 4.78 is 0. The van der Waals surface area contributed by atoms with E-state index in [2.05, 4.69) is 96.3 Å². The predicted octanol–water partition coefficient (Wildman–Crippen LogP) is 8.79. The molecule has 0 saturated heterocycles. The van der Waals surface area contributed by atoms with Gasteiger partial charge < -0.3 is 10.2 Å². The third-order valence-electron chi connectivity index (χ3n) is 8.44. The Kier molecular flexibility index (Phi) is 9.68. The van der Waals surface area contributed by atoms with Crippen molar-refractivity contribution in [1.29, 1.82) is 0 Å². The van der Waals surface area contributed by atoms with Crippen LogP contribution in [0.1, 0.15) is 103 Å². The quantitative estimate of drug-likeness (QED) is 0.295. The average Bonchev–Trinajstić information content (AvgIpc) is 3.34. The van der Waals surface area contributed by atoms with Gasteiger partial charge in [-0.3, -0.25) is 0 Å². The summed E-state index contributed by atoms with van der Waals surface area (Å²) in [5.41, 5.74) is 20.9. The Hall–Kier alpha value is -2.96. The highest BCUT2D eigenvalue weighted by molar-refractivity contribution is 5.67. The van der Waals surface area contributed by atoms with Gasteiger partial charge in [0.2, 0.25) is 0 Å². The van der Waals surface area contributed by atoms with E-state index in [1.807, 2.05) is 0 Å². The molecule has 0 radical (unpaired) electrons. The molecule has 1 N–H and O–H groups in total. The highest BCUT2D eigenvalue weighted by atomic mass is 15.1. The van der Waals surface area contributed by atoms with Crippen molar-refractivity contribution in [3.05, 3.63) is 105 Å². The fourth-order valence-corrected chi connectivity index (χ4v) is 6.06. The molecular formula is C35H48N2. The Morgan fingerprint density at radius 1 is 0.892 bits per heavy atom. The maximum atomic E-state index is 4.47. The number of nitrogens with zero attached hydrogens (tertiary/aromatic N) is 1. The van der Waals surface area contributed by atoms with Gasteiger partial charge in [0.05, 0.1) is 0 Å². The van der Waals surface area contributed by atoms with Crippen molar-refractivity contribution in [2.75, 3.05) is 0 Å². The van der Waals surface area contributed by atoms with Gasteiger partial charge >= 0.3 is 0 Å². The predicted molar refractivity (Wildman–Crippen MR) is 162 cm³/mol. The number of hydrogen-bond donors (Lipinski definition) is 1. The van der Waals surface area contributed by atoms with Crippen molar-refractivity contribution < 1.29 is 0 Å². The number of benzene rings is 2. The summed E-state index contributed by atoms with van der Waals surface area (Å²) in [6.07, 6.45) is 6.34. The van der Waals surface area contributed by atoms with Gasteiger partial charge in [-0.15, -0.1) is 5.73 Å². The molecule has 1 heterocycles. The molecule has 2 nitrogen and oxygen atoms in total. The lowest BCUT2D eigenvalue weighted by Crippen LogP contribution is -2.17. The van der Waals surface area contributed by atoms with Crippen LogP contribution in [0.3, 0.4) is 0 Å². The first-order valence-electron chi connectivity index (χ1n) is 14.1. The van der Waals surface area contributed by atoms with Crippen LogP contribution < -0.4 is 5.32 Å². The molecule has 0 saturated carbocycles. The zero-order valence-electron chi connectivity index (χ0n) is 24.6. The van der Waals surface area contributed by atoms with Crippen LogP contribution in [0.2, 0.25) is 0 Å². The molecule has 0 atom stereocenters. The van der Waals surface area contributed by atoms with Crippen LogP contribution in [0, 0.1) is 20.8 Å². The highest BCUT2D eigenvalue weighted by Crippen LogP contribution is 2.37. The highest BCUT2D eigenvalue weighted by Gasteiger charge is 2.28. The van der Waals surface area contributed by atoms with Gasteiger partial charge in [0.1, 0.15) is 0 Å². The van der Waals surface area contributed by atoms with Gasteiger partial charge in [-0.2, -0.15) is 0 Å². The van der Waals surface area contributed by atoms with Crippen molar-refractivity contribution in [2.45, 2.75) is 107 Å². The normalized spacial score (nSPS) is 12.4. The molecular weight excluding hydrogens is 448 g/mol. The van der Waals surface area contributed by atoms with Crippen molar-refractivity contribution in [3.63, 3.8) is 0 Å². The number of allylic oxidation sites excluding steroid dienone is 2. The fourth-order valence-electron chi connectivity index (χ4n) is 6.06. The average molecular weight is 497 g/mol. The second kappa shape index (κ2) is 12.5. The summed E-state index contributed by atoms with van der Waals surface area (Å²) in [7, 11) is 0. The molecule has 2 aromatic rings. The van der Waals surface area contributed by atoms with Gasteiger partial charge in [-0.05, 0) is 115 Å². The van der Waals surface area contributed by atoms with E-state index in [-0.39, 0.29) is 0 Å². The summed E-state index contributed by atoms with van der Waals surface area (Å²) in [4.78, 5) is 2.48. The van der Waals surface area contributed by atoms with E-state index >= 15 is 0 Å². The maximum absolute atomic E-state index is 4.47. The minimum atomic E-state index is 0.814. The Balaban J connectivity index is 1.88. The third-order valence-corrected chi connectivity index (χ3v) is 8.44. The van der Waals surface area contributed by atoms with Crippen LogP contribution in [0.5, 0.6) is 0 Å². The Morgan fingerprint density at radius 2 is 1.57 bits per heavy atom. The van der Waals surface area contributed by atoms with Crippen LogP contribution in [0.15, 0.2) is 48.9 Å². The summed E-state index contributed by atoms with van der Waals surface area (Å²) in [5, 5.41) is 3.73. The second-order valence-electron chi connectivity index (χ2n) is 10.7. The molecule has 1 aliphatic heterocycles. The summed E-state index contributed by atoms with van der Waals surface area (Å²) in [6, 6.07) is 4.49. The van der Waals surface area contributed by atoms with Crippen molar-refractivity contribution in [1.82, 2.24) is 10.2 Å². The first-order valence-corrected chi connectivity index (χ1v) is 14.1. The van der Waals surface area contributed by atoms with E-state index in [1.165, 1.54) is 61.3 Å². The van der Waals surface area contributed by atoms with E-state index in [0.717, 1.165) is 63.9 Å². The summed E-state index contributed by atoms with van der Waals surface area (Å²) in [6.45, 7) is 31.2. The molecule has 37 heavy (non-hydrogen) atoms. The van der Waals surface area contributed by atoms with Gasteiger partial charge in [0.15, 0.2) is 0 Å². The van der Waals surface area contributed by atoms with E-state index in [9.17, 15) is 0 Å². The van der Waals surface area contributed by atoms with Gasteiger partial charge in [0, 0.05) is 36.6 Å². The molecule has 2 heteroatoms. The molecule has 0 aliphatic carbocycles. The molecule has 0 unspecified atom stereocenters. The van der Waals surface area contributed by atoms with E-state index in [4.69, 9.17) is 0 Å². The Morgan fingerprint density at radius 3 is 2.19 bits per heavy atom. The number of rotatable bonds is 12. The van der Waals surface area contributed by atoms with Crippen LogP contribution >= 0.6 is 0 Å². The SMILES string of the molecule is C=C=C(C)CCC(=C)N1Cc2c(C)c(CNC(=C)c3ccc(C)c(CCC)c3C)c(CC)c(CC)c2C1. The summed E-state index contributed by atoms with van der Waals surface area (Å²) in [5.74, 6) is 0. The van der Waals surface area contributed by atoms with Crippen LogP contribution in [0.4, 0.5) is 0 Å². The number of fused-ring (bicyclic) bond motifs is 1. The number of aryl methyl sites for hydroxylation is 1. The van der Waals surface area contributed by atoms with Crippen molar-refractivity contribution in [2.24, 2.45) is 0 Å². The molecule has 1 aliphatic rings. The van der Waals surface area contributed by atoms with Gasteiger partial charge in [-0.25, -0.2) is 0 Å². The minimum absolute atomic E-state index is 0.814. The largest absolute Gasteiger partial charge is 0.381 e. The molecule has 198 valence electrons. The standard InChI is InChI=1S/C35H48N2/c1-11-15-31-24(6)17-19-32(26(31)8)28(10)36-20-33-27(9)34-21-37(25(7)18-16-23(5)12-2)22-35(34)30(14-4)29(33)13-3/h17,19,36H,2,7,10-11,13-16,18,20-22H2,1,3-6,8-9H3. The molecule has 0 amide bonds. The molecule has 2 aromatic carbocycles. The van der Waals surface area contributed by atoms with E-state index in [1.54, 1.807) is 5.56 Å². The van der Waals surface area contributed by atoms with Gasteiger partial charge in [-0.1, -0.05) is 59.1 Å². The second-order valence-corrected chi connectivity index (χ2v) is 10.7. The lowest BCUT2D eigenvalue weighted by molar-refractivity contribution is 0.349. The zero-order valence-corrected chi connectivity index (χ0v) is 24.6. The van der Waals surface area contributed by atoms with Crippen LogP contribution in [-0.2, 0) is 38.9 Å². The topological polar surface area (TPSA) is 15.3 Å². The van der Waals surface area contributed by atoms with E-state index in [0.29, 0.717) is 0 Å². The molecule has 0 spiro atoms. The van der Waals surface area contributed by atoms with Crippen LogP contribution in [-0.4, -0.2) is 4.90 Å².